The number of aryl methyl sites for hydroxylation is 1. The molecule has 0 N–H and O–H groups in total. The molecule has 1 saturated heterocycles. The molecule has 5 heteroatoms. The van der Waals surface area contributed by atoms with Gasteiger partial charge in [0.15, 0.2) is 0 Å². The maximum Gasteiger partial charge on any atom is 0.392 e. The predicted octanol–water partition coefficient (Wildman–Crippen LogP) is 1.58. The number of amides is 2. The van der Waals surface area contributed by atoms with Crippen molar-refractivity contribution in [2.24, 2.45) is 0 Å². The highest BCUT2D eigenvalue weighted by Gasteiger charge is 2.52. The van der Waals surface area contributed by atoms with E-state index in [2.05, 4.69) is 4.79 Å². The third-order valence-electron chi connectivity index (χ3n) is 3.53. The minimum atomic E-state index is -0.502. The Hall–Kier alpha value is -2.52. The third-order valence-corrected chi connectivity index (χ3v) is 3.53. The van der Waals surface area contributed by atoms with E-state index in [9.17, 15) is 9.59 Å². The number of carbonyl (C=O) groups excluding carboxylic acids is 2. The van der Waals surface area contributed by atoms with Gasteiger partial charge in [0, 0.05) is 6.04 Å². The first-order valence-corrected chi connectivity index (χ1v) is 6.50. The molecule has 1 aliphatic heterocycles. The highest BCUT2D eigenvalue weighted by molar-refractivity contribution is 6.58. The molecule has 1 heterocycles. The molecule has 0 bridgehead atoms. The Labute approximate surface area is 116 Å². The van der Waals surface area contributed by atoms with Gasteiger partial charge in [0.1, 0.15) is 5.57 Å². The molecule has 20 heavy (non-hydrogen) atoms. The number of hydrogen-bond acceptors (Lipinski definition) is 2. The zero-order chi connectivity index (χ0) is 14.3. The lowest BCUT2D eigenvalue weighted by Crippen LogP contribution is -2.32. The zero-order valence-corrected chi connectivity index (χ0v) is 11.0. The summed E-state index contributed by atoms with van der Waals surface area (Å²) in [6, 6.07) is 7.52. The molecule has 1 aliphatic carbocycles. The van der Waals surface area contributed by atoms with Gasteiger partial charge in [0.25, 0.3) is 5.91 Å². The van der Waals surface area contributed by atoms with E-state index in [0.29, 0.717) is 0 Å². The van der Waals surface area contributed by atoms with Crippen molar-refractivity contribution < 1.29 is 14.4 Å². The molecule has 100 valence electrons. The van der Waals surface area contributed by atoms with Crippen LogP contribution in [0, 0.1) is 6.92 Å². The molecule has 5 nitrogen and oxygen atoms in total. The van der Waals surface area contributed by atoms with E-state index in [1.807, 2.05) is 31.2 Å². The van der Waals surface area contributed by atoms with Crippen molar-refractivity contribution in [2.45, 2.75) is 25.8 Å². The number of likely N-dealkylation sites (tertiary alicyclic amines) is 1. The van der Waals surface area contributed by atoms with Gasteiger partial charge in [0.05, 0.1) is 0 Å². The van der Waals surface area contributed by atoms with Crippen LogP contribution in [0.2, 0.25) is 0 Å². The summed E-state index contributed by atoms with van der Waals surface area (Å²) in [7, 11) is 0. The molecule has 0 atom stereocenters. The van der Waals surface area contributed by atoms with E-state index in [4.69, 9.17) is 5.53 Å². The van der Waals surface area contributed by atoms with Crippen LogP contribution in [0.3, 0.4) is 0 Å². The number of rotatable bonds is 2. The van der Waals surface area contributed by atoms with Crippen molar-refractivity contribution in [3.63, 3.8) is 0 Å². The molecule has 0 radical (unpaired) electrons. The number of nitrogens with zero attached hydrogens (tertiary/aromatic N) is 3. The van der Waals surface area contributed by atoms with Crippen LogP contribution in [0.4, 0.5) is 0 Å². The van der Waals surface area contributed by atoms with Gasteiger partial charge >= 0.3 is 11.6 Å². The Morgan fingerprint density at radius 3 is 2.40 bits per heavy atom. The topological polar surface area (TPSA) is 73.8 Å². The first-order valence-electron chi connectivity index (χ1n) is 6.50. The number of imide groups is 1. The Bertz CT molecular complexity index is 678. The summed E-state index contributed by atoms with van der Waals surface area (Å²) in [5, 5.41) is 0. The molecule has 2 aliphatic rings. The fraction of sp³-hybridized carbons (Fsp3) is 0.267. The van der Waals surface area contributed by atoms with Crippen molar-refractivity contribution in [1.29, 1.82) is 0 Å². The van der Waals surface area contributed by atoms with E-state index in [1.165, 1.54) is 4.90 Å². The molecule has 2 amide bonds. The minimum absolute atomic E-state index is 0.0318. The zero-order valence-electron chi connectivity index (χ0n) is 11.0. The smallest absolute Gasteiger partial charge is 0.361 e. The minimum Gasteiger partial charge on any atom is -0.361 e. The number of carbonyl (C=O) groups is 2. The standard InChI is InChI=1S/C15H13N3O2/c1-9-2-4-10(5-3-9)8-12-13(17-16)15(20)18(14(12)19)11-6-7-11/h2-5,8,11H,6-7H2,1H3/b12-8+. The SMILES string of the molecule is Cc1ccc(/C=C2/C(=O)N(C3CC3)C(=O)C2=[N+]=[N-])cc1. The second-order valence-corrected chi connectivity index (χ2v) is 5.13. The average Bonchev–Trinajstić information content (AvgIpc) is 3.22. The van der Waals surface area contributed by atoms with Crippen molar-refractivity contribution in [3.8, 4) is 0 Å². The molecule has 1 saturated carbocycles. The Morgan fingerprint density at radius 2 is 1.85 bits per heavy atom. The molecular formula is C15H13N3O2. The molecule has 0 aromatic heterocycles. The largest absolute Gasteiger partial charge is 0.392 e. The van der Waals surface area contributed by atoms with E-state index >= 15 is 0 Å². The van der Waals surface area contributed by atoms with E-state index < -0.39 is 5.91 Å². The summed E-state index contributed by atoms with van der Waals surface area (Å²) < 4.78 is 0. The van der Waals surface area contributed by atoms with Gasteiger partial charge in [-0.15, -0.1) is 0 Å². The first-order chi connectivity index (χ1) is 9.61. The number of benzene rings is 1. The molecule has 1 aromatic carbocycles. The second-order valence-electron chi connectivity index (χ2n) is 5.13. The Balaban J connectivity index is 2.03. The van der Waals surface area contributed by atoms with Crippen LogP contribution in [0.1, 0.15) is 24.0 Å². The monoisotopic (exact) mass is 267 g/mol. The van der Waals surface area contributed by atoms with Crippen LogP contribution in [0.25, 0.3) is 11.6 Å². The summed E-state index contributed by atoms with van der Waals surface area (Å²) in [4.78, 5) is 28.6. The lowest BCUT2D eigenvalue weighted by atomic mass is 10.1. The highest BCUT2D eigenvalue weighted by atomic mass is 16.2. The molecule has 0 unspecified atom stereocenters. The molecule has 1 aromatic rings. The van der Waals surface area contributed by atoms with Crippen molar-refractivity contribution >= 4 is 23.6 Å². The lowest BCUT2D eigenvalue weighted by Gasteiger charge is -2.08. The van der Waals surface area contributed by atoms with E-state index in [-0.39, 0.29) is 23.2 Å². The van der Waals surface area contributed by atoms with Gasteiger partial charge in [-0.1, -0.05) is 29.8 Å². The fourth-order valence-corrected chi connectivity index (χ4v) is 2.27. The van der Waals surface area contributed by atoms with Crippen molar-refractivity contribution in [1.82, 2.24) is 4.90 Å². The van der Waals surface area contributed by atoms with Crippen LogP contribution in [-0.4, -0.2) is 33.3 Å². The van der Waals surface area contributed by atoms with Crippen LogP contribution >= 0.6 is 0 Å². The summed E-state index contributed by atoms with van der Waals surface area (Å²) in [6.07, 6.45) is 3.25. The van der Waals surface area contributed by atoms with Gasteiger partial charge in [-0.3, -0.25) is 14.5 Å². The van der Waals surface area contributed by atoms with Gasteiger partial charge in [0.2, 0.25) is 0 Å². The Morgan fingerprint density at radius 1 is 1.20 bits per heavy atom. The predicted molar refractivity (Wildman–Crippen MR) is 72.7 cm³/mol. The number of hydrogen-bond donors (Lipinski definition) is 0. The molecule has 3 rings (SSSR count). The average molecular weight is 267 g/mol. The maximum absolute atomic E-state index is 12.3. The summed E-state index contributed by atoms with van der Waals surface area (Å²) in [5.74, 6) is -0.871. The Kier molecular flexibility index (Phi) is 2.84. The van der Waals surface area contributed by atoms with Crippen LogP contribution in [0.5, 0.6) is 0 Å². The maximum atomic E-state index is 12.3. The van der Waals surface area contributed by atoms with E-state index in [0.717, 1.165) is 24.0 Å². The molecule has 0 spiro atoms. The highest BCUT2D eigenvalue weighted by Crippen LogP contribution is 2.32. The first kappa shape index (κ1) is 12.5. The molecular weight excluding hydrogens is 254 g/mol. The second kappa shape index (κ2) is 4.54. The van der Waals surface area contributed by atoms with E-state index in [1.54, 1.807) is 6.08 Å². The van der Waals surface area contributed by atoms with Crippen LogP contribution < -0.4 is 0 Å². The van der Waals surface area contributed by atoms with Gasteiger partial charge in [-0.05, 0) is 31.4 Å². The van der Waals surface area contributed by atoms with Crippen molar-refractivity contribution in [3.05, 3.63) is 46.5 Å². The molecule has 2 fully saturated rings. The lowest BCUT2D eigenvalue weighted by molar-refractivity contribution is -0.137. The van der Waals surface area contributed by atoms with Crippen molar-refractivity contribution in [2.75, 3.05) is 0 Å². The summed E-state index contributed by atoms with van der Waals surface area (Å²) in [5.41, 5.74) is 10.9. The van der Waals surface area contributed by atoms with Gasteiger partial charge in [-0.25, -0.2) is 0 Å². The summed E-state index contributed by atoms with van der Waals surface area (Å²) >= 11 is 0. The fourth-order valence-electron chi connectivity index (χ4n) is 2.27. The van der Waals surface area contributed by atoms with Crippen LogP contribution in [0.15, 0.2) is 29.8 Å². The third kappa shape index (κ3) is 1.98. The quantitative estimate of drug-likeness (QED) is 0.353. The van der Waals surface area contributed by atoms with Crippen LogP contribution in [-0.2, 0) is 9.59 Å². The summed E-state index contributed by atoms with van der Waals surface area (Å²) in [6.45, 7) is 1.97. The normalized spacial score (nSPS) is 20.8. The van der Waals surface area contributed by atoms with Gasteiger partial charge in [-0.2, -0.15) is 4.79 Å². The van der Waals surface area contributed by atoms with Gasteiger partial charge < -0.3 is 5.53 Å².